The number of ether oxygens (including phenoxy) is 3. The molecule has 0 fully saturated rings. The molecule has 9 nitrogen and oxygen atoms in total. The van der Waals surface area contributed by atoms with Crippen LogP contribution in [0.5, 0.6) is 23.0 Å². The van der Waals surface area contributed by atoms with Crippen molar-refractivity contribution in [2.24, 2.45) is 0 Å². The van der Waals surface area contributed by atoms with E-state index in [1.165, 1.54) is 41.2 Å². The van der Waals surface area contributed by atoms with E-state index in [0.717, 1.165) is 5.39 Å². The van der Waals surface area contributed by atoms with Crippen LogP contribution in [0.1, 0.15) is 10.5 Å². The van der Waals surface area contributed by atoms with Crippen molar-refractivity contribution in [1.29, 1.82) is 0 Å². The van der Waals surface area contributed by atoms with Gasteiger partial charge < -0.3 is 19.5 Å². The monoisotopic (exact) mass is 512 g/mol. The predicted octanol–water partition coefficient (Wildman–Crippen LogP) is 4.98. The van der Waals surface area contributed by atoms with E-state index < -0.39 is 17.3 Å². The predicted molar refractivity (Wildman–Crippen MR) is 139 cm³/mol. The van der Waals surface area contributed by atoms with E-state index in [4.69, 9.17) is 14.2 Å². The largest absolute Gasteiger partial charge is 0.493 e. The molecule has 5 rings (SSSR count). The maximum absolute atomic E-state index is 13.2. The Morgan fingerprint density at radius 3 is 2.29 bits per heavy atom. The average Bonchev–Trinajstić information content (AvgIpc) is 2.94. The fourth-order valence-corrected chi connectivity index (χ4v) is 3.83. The van der Waals surface area contributed by atoms with Crippen molar-refractivity contribution in [2.75, 3.05) is 19.5 Å². The van der Waals surface area contributed by atoms with Crippen molar-refractivity contribution in [3.63, 3.8) is 0 Å². The number of methoxy groups -OCH3 is 2. The van der Waals surface area contributed by atoms with Gasteiger partial charge in [-0.15, -0.1) is 0 Å². The number of nitrogens with zero attached hydrogens (tertiary/aromatic N) is 3. The molecule has 0 radical (unpaired) electrons. The van der Waals surface area contributed by atoms with Crippen LogP contribution in [-0.4, -0.2) is 34.7 Å². The molecule has 1 N–H and O–H groups in total. The molecule has 0 aliphatic rings. The topological polar surface area (TPSA) is 105 Å². The first-order chi connectivity index (χ1) is 18.5. The number of halogens is 1. The summed E-state index contributed by atoms with van der Waals surface area (Å²) < 4.78 is 31.3. The summed E-state index contributed by atoms with van der Waals surface area (Å²) in [4.78, 5) is 33.9. The second kappa shape index (κ2) is 10.4. The Labute approximate surface area is 216 Å². The number of aromatic nitrogens is 3. The Morgan fingerprint density at radius 2 is 1.58 bits per heavy atom. The van der Waals surface area contributed by atoms with Crippen molar-refractivity contribution >= 4 is 22.5 Å². The van der Waals surface area contributed by atoms with Crippen LogP contribution in [0.25, 0.3) is 16.6 Å². The first kappa shape index (κ1) is 24.4. The minimum absolute atomic E-state index is 0.301. The molecular weight excluding hydrogens is 491 g/mol. The van der Waals surface area contributed by atoms with Gasteiger partial charge >= 0.3 is 0 Å². The van der Waals surface area contributed by atoms with Gasteiger partial charge in [-0.05, 0) is 60.7 Å². The standard InChI is InChI=1S/C28H21FN4O5/c1-36-24-15-21-22(16-25(24)37-2)30-12-11-23(21)38-20-9-5-18(6-10-20)32-27(34)26-28(35)33(14-13-31-26)19-7-3-17(29)4-8-19/h3-16H,1-2H3,(H,32,34). The van der Waals surface area contributed by atoms with Crippen molar-refractivity contribution in [3.05, 3.63) is 107 Å². The number of nitrogens with one attached hydrogen (secondary N) is 1. The fraction of sp³-hybridized carbons (Fsp3) is 0.0714. The van der Waals surface area contributed by atoms with Crippen molar-refractivity contribution in [3.8, 4) is 28.7 Å². The molecule has 2 heterocycles. The SMILES string of the molecule is COc1cc2nccc(Oc3ccc(NC(=O)c4nccn(-c5ccc(F)cc5)c4=O)cc3)c2cc1OC. The lowest BCUT2D eigenvalue weighted by Gasteiger charge is -2.13. The average molecular weight is 512 g/mol. The number of anilines is 1. The van der Waals surface area contributed by atoms with E-state index in [1.807, 2.05) is 0 Å². The molecule has 0 atom stereocenters. The van der Waals surface area contributed by atoms with Crippen LogP contribution < -0.4 is 25.1 Å². The van der Waals surface area contributed by atoms with Gasteiger partial charge in [0.05, 0.1) is 19.7 Å². The highest BCUT2D eigenvalue weighted by Gasteiger charge is 2.16. The number of carbonyl (C=O) groups is 1. The van der Waals surface area contributed by atoms with Gasteiger partial charge in [0, 0.05) is 41.4 Å². The zero-order valence-corrected chi connectivity index (χ0v) is 20.3. The summed E-state index contributed by atoms with van der Waals surface area (Å²) in [5.41, 5.74) is 0.587. The molecule has 0 spiro atoms. The molecule has 0 saturated carbocycles. The maximum atomic E-state index is 13.2. The number of rotatable bonds is 7. The molecule has 0 aliphatic heterocycles. The number of hydrogen-bond acceptors (Lipinski definition) is 7. The van der Waals surface area contributed by atoms with Gasteiger partial charge in [0.15, 0.2) is 17.2 Å². The highest BCUT2D eigenvalue weighted by atomic mass is 19.1. The number of hydrogen-bond donors (Lipinski definition) is 1. The maximum Gasteiger partial charge on any atom is 0.286 e. The molecule has 1 amide bonds. The Balaban J connectivity index is 1.34. The van der Waals surface area contributed by atoms with Crippen molar-refractivity contribution < 1.29 is 23.4 Å². The van der Waals surface area contributed by atoms with Crippen molar-refractivity contribution in [2.45, 2.75) is 0 Å². The number of amides is 1. The second-order valence-corrected chi connectivity index (χ2v) is 8.04. The molecule has 0 saturated heterocycles. The summed E-state index contributed by atoms with van der Waals surface area (Å²) >= 11 is 0. The smallest absolute Gasteiger partial charge is 0.286 e. The second-order valence-electron chi connectivity index (χ2n) is 8.04. The van der Waals surface area contributed by atoms with Gasteiger partial charge in [-0.2, -0.15) is 0 Å². The van der Waals surface area contributed by atoms with Crippen LogP contribution in [0.2, 0.25) is 0 Å². The zero-order chi connectivity index (χ0) is 26.6. The van der Waals surface area contributed by atoms with E-state index in [-0.39, 0.29) is 5.69 Å². The summed E-state index contributed by atoms with van der Waals surface area (Å²) in [5, 5.41) is 3.40. The molecule has 0 bridgehead atoms. The van der Waals surface area contributed by atoms with E-state index in [1.54, 1.807) is 62.9 Å². The molecule has 10 heteroatoms. The third-order valence-corrected chi connectivity index (χ3v) is 5.71. The van der Waals surface area contributed by atoms with Gasteiger partial charge in [-0.25, -0.2) is 9.37 Å². The summed E-state index contributed by atoms with van der Waals surface area (Å²) in [6.45, 7) is 0. The highest BCUT2D eigenvalue weighted by Crippen LogP contribution is 2.37. The first-order valence-electron chi connectivity index (χ1n) is 11.4. The van der Waals surface area contributed by atoms with Gasteiger partial charge in [0.2, 0.25) is 0 Å². The molecule has 0 unspecified atom stereocenters. The lowest BCUT2D eigenvalue weighted by atomic mass is 10.2. The number of carbonyl (C=O) groups excluding carboxylic acids is 1. The minimum Gasteiger partial charge on any atom is -0.493 e. The van der Waals surface area contributed by atoms with E-state index in [9.17, 15) is 14.0 Å². The van der Waals surface area contributed by atoms with Gasteiger partial charge in [-0.1, -0.05) is 0 Å². The zero-order valence-electron chi connectivity index (χ0n) is 20.3. The highest BCUT2D eigenvalue weighted by molar-refractivity contribution is 6.02. The molecule has 0 aliphatic carbocycles. The molecule has 3 aromatic carbocycles. The Kier molecular flexibility index (Phi) is 6.68. The summed E-state index contributed by atoms with van der Waals surface area (Å²) in [5.74, 6) is 1.06. The van der Waals surface area contributed by atoms with Crippen LogP contribution in [0, 0.1) is 5.82 Å². The fourth-order valence-electron chi connectivity index (χ4n) is 3.83. The Bertz CT molecular complexity index is 1690. The Morgan fingerprint density at radius 1 is 0.868 bits per heavy atom. The summed E-state index contributed by atoms with van der Waals surface area (Å²) in [7, 11) is 3.11. The van der Waals surface area contributed by atoms with Gasteiger partial charge in [0.25, 0.3) is 11.5 Å². The van der Waals surface area contributed by atoms with Crippen LogP contribution in [0.4, 0.5) is 10.1 Å². The third-order valence-electron chi connectivity index (χ3n) is 5.71. The van der Waals surface area contributed by atoms with Crippen LogP contribution in [0.15, 0.2) is 90.1 Å². The molecule has 2 aromatic heterocycles. The summed E-state index contributed by atoms with van der Waals surface area (Å²) in [6, 6.07) is 17.3. The molecule has 38 heavy (non-hydrogen) atoms. The van der Waals surface area contributed by atoms with Gasteiger partial charge in [-0.3, -0.25) is 19.1 Å². The first-order valence-corrected chi connectivity index (χ1v) is 11.4. The van der Waals surface area contributed by atoms with Crippen molar-refractivity contribution in [1.82, 2.24) is 14.5 Å². The third kappa shape index (κ3) is 4.87. The molecule has 190 valence electrons. The van der Waals surface area contributed by atoms with Crippen LogP contribution >= 0.6 is 0 Å². The van der Waals surface area contributed by atoms with E-state index in [2.05, 4.69) is 15.3 Å². The van der Waals surface area contributed by atoms with Crippen LogP contribution in [0.3, 0.4) is 0 Å². The summed E-state index contributed by atoms with van der Waals surface area (Å²) in [6.07, 6.45) is 4.37. The van der Waals surface area contributed by atoms with Crippen LogP contribution in [-0.2, 0) is 0 Å². The lowest BCUT2D eigenvalue weighted by Crippen LogP contribution is -2.29. The van der Waals surface area contributed by atoms with E-state index >= 15 is 0 Å². The lowest BCUT2D eigenvalue weighted by molar-refractivity contribution is 0.102. The van der Waals surface area contributed by atoms with E-state index in [0.29, 0.717) is 39.9 Å². The van der Waals surface area contributed by atoms with Gasteiger partial charge in [0.1, 0.15) is 17.3 Å². The minimum atomic E-state index is -0.679. The number of fused-ring (bicyclic) bond motifs is 1. The number of benzene rings is 3. The quantitative estimate of drug-likeness (QED) is 0.328. The molecule has 5 aromatic rings. The number of pyridine rings is 1. The Hall–Kier alpha value is -5.25. The normalized spacial score (nSPS) is 10.7. The molecular formula is C28H21FN4O5.